The number of imidazole rings is 1. The standard InChI is InChI=1S/C25H29N5O3/c1-16-6-5-11-29-15-22(27-23(16)29)25(33)30-13-20(21(14-30)24(32)28(3)4)19-9-7-18(8-10-19)12-26-17(2)31/h5-11,15,20-21H,12-14H2,1-4H3,(H,26,31)/t20-,21+/m1/s1. The van der Waals surface area contributed by atoms with Crippen LogP contribution in [0.2, 0.25) is 0 Å². The second-order valence-corrected chi connectivity index (χ2v) is 8.86. The molecular formula is C25H29N5O3. The lowest BCUT2D eigenvalue weighted by Crippen LogP contribution is -2.35. The molecule has 0 bridgehead atoms. The van der Waals surface area contributed by atoms with E-state index in [0.29, 0.717) is 25.3 Å². The van der Waals surface area contributed by atoms with Crippen LogP contribution in [0.3, 0.4) is 0 Å². The molecule has 1 aliphatic heterocycles. The van der Waals surface area contributed by atoms with Crippen LogP contribution in [-0.4, -0.2) is 64.1 Å². The van der Waals surface area contributed by atoms with Gasteiger partial charge in [0.05, 0.1) is 5.92 Å². The number of carbonyl (C=O) groups is 3. The van der Waals surface area contributed by atoms with E-state index >= 15 is 0 Å². The lowest BCUT2D eigenvalue weighted by atomic mass is 9.87. The van der Waals surface area contributed by atoms with Crippen LogP contribution in [0, 0.1) is 12.8 Å². The summed E-state index contributed by atoms with van der Waals surface area (Å²) in [6.07, 6.45) is 3.62. The third-order valence-electron chi connectivity index (χ3n) is 6.21. The first kappa shape index (κ1) is 22.5. The molecule has 0 aliphatic carbocycles. The first-order chi connectivity index (χ1) is 15.7. The highest BCUT2D eigenvalue weighted by Crippen LogP contribution is 2.34. The van der Waals surface area contributed by atoms with Crippen molar-refractivity contribution < 1.29 is 14.4 Å². The molecule has 0 radical (unpaired) electrons. The van der Waals surface area contributed by atoms with Crippen LogP contribution < -0.4 is 5.32 Å². The molecule has 1 aromatic carbocycles. The Labute approximate surface area is 193 Å². The van der Waals surface area contributed by atoms with Gasteiger partial charge in [-0.2, -0.15) is 0 Å². The number of amides is 3. The Balaban J connectivity index is 1.58. The molecule has 0 saturated carbocycles. The normalized spacial score (nSPS) is 17.9. The van der Waals surface area contributed by atoms with E-state index < -0.39 is 0 Å². The maximum Gasteiger partial charge on any atom is 0.274 e. The van der Waals surface area contributed by atoms with Gasteiger partial charge in [0.25, 0.3) is 5.91 Å². The lowest BCUT2D eigenvalue weighted by molar-refractivity contribution is -0.132. The van der Waals surface area contributed by atoms with E-state index in [9.17, 15) is 14.4 Å². The number of hydrogen-bond donors (Lipinski definition) is 1. The van der Waals surface area contributed by atoms with Crippen molar-refractivity contribution in [2.45, 2.75) is 26.3 Å². The summed E-state index contributed by atoms with van der Waals surface area (Å²) in [5.74, 6) is -0.688. The molecule has 0 spiro atoms. The number of rotatable bonds is 5. The third-order valence-corrected chi connectivity index (χ3v) is 6.21. The van der Waals surface area contributed by atoms with Crippen LogP contribution in [0.4, 0.5) is 0 Å². The van der Waals surface area contributed by atoms with Crippen molar-refractivity contribution in [1.82, 2.24) is 24.5 Å². The average molecular weight is 448 g/mol. The summed E-state index contributed by atoms with van der Waals surface area (Å²) in [7, 11) is 3.48. The smallest absolute Gasteiger partial charge is 0.274 e. The molecule has 1 aliphatic rings. The van der Waals surface area contributed by atoms with Crippen LogP contribution in [0.5, 0.6) is 0 Å². The number of nitrogens with one attached hydrogen (secondary N) is 1. The molecule has 3 amide bonds. The first-order valence-corrected chi connectivity index (χ1v) is 11.0. The molecule has 1 fully saturated rings. The van der Waals surface area contributed by atoms with E-state index in [1.165, 1.54) is 6.92 Å². The minimum atomic E-state index is -0.330. The molecule has 2 aromatic heterocycles. The van der Waals surface area contributed by atoms with Gasteiger partial charge >= 0.3 is 0 Å². The Morgan fingerprint density at radius 3 is 2.48 bits per heavy atom. The van der Waals surface area contributed by atoms with Gasteiger partial charge in [0.1, 0.15) is 11.3 Å². The number of pyridine rings is 1. The molecule has 3 heterocycles. The van der Waals surface area contributed by atoms with Crippen LogP contribution in [-0.2, 0) is 16.1 Å². The van der Waals surface area contributed by atoms with Crippen molar-refractivity contribution in [1.29, 1.82) is 0 Å². The zero-order valence-electron chi connectivity index (χ0n) is 19.4. The molecule has 4 rings (SSSR count). The van der Waals surface area contributed by atoms with Crippen molar-refractivity contribution in [2.24, 2.45) is 5.92 Å². The van der Waals surface area contributed by atoms with Crippen molar-refractivity contribution in [3.63, 3.8) is 0 Å². The monoisotopic (exact) mass is 447 g/mol. The molecule has 33 heavy (non-hydrogen) atoms. The Morgan fingerprint density at radius 1 is 1.12 bits per heavy atom. The van der Waals surface area contributed by atoms with Gasteiger partial charge in [0.2, 0.25) is 11.8 Å². The molecule has 3 aromatic rings. The second kappa shape index (κ2) is 9.05. The summed E-state index contributed by atoms with van der Waals surface area (Å²) in [6.45, 7) is 4.70. The van der Waals surface area contributed by atoms with Crippen LogP contribution >= 0.6 is 0 Å². The molecule has 0 unspecified atom stereocenters. The maximum atomic E-state index is 13.3. The molecule has 8 nitrogen and oxygen atoms in total. The van der Waals surface area contributed by atoms with Crippen molar-refractivity contribution in [2.75, 3.05) is 27.2 Å². The van der Waals surface area contributed by atoms with Gasteiger partial charge in [0, 0.05) is 59.0 Å². The summed E-state index contributed by atoms with van der Waals surface area (Å²) in [5.41, 5.74) is 4.12. The fraction of sp³-hybridized carbons (Fsp3) is 0.360. The number of aryl methyl sites for hydroxylation is 1. The topological polar surface area (TPSA) is 87.0 Å². The number of nitrogens with zero attached hydrogens (tertiary/aromatic N) is 4. The van der Waals surface area contributed by atoms with Gasteiger partial charge in [-0.25, -0.2) is 4.98 Å². The second-order valence-electron chi connectivity index (χ2n) is 8.86. The number of aromatic nitrogens is 2. The quantitative estimate of drug-likeness (QED) is 0.650. The first-order valence-electron chi connectivity index (χ1n) is 11.0. The summed E-state index contributed by atoms with van der Waals surface area (Å²) >= 11 is 0. The van der Waals surface area contributed by atoms with Crippen LogP contribution in [0.15, 0.2) is 48.8 Å². The SMILES string of the molecule is CC(=O)NCc1ccc([C@H]2CN(C(=O)c3cn4cccc(C)c4n3)C[C@@H]2C(=O)N(C)C)cc1. The third kappa shape index (κ3) is 4.60. The zero-order valence-corrected chi connectivity index (χ0v) is 19.4. The fourth-order valence-electron chi connectivity index (χ4n) is 4.42. The van der Waals surface area contributed by atoms with Gasteiger partial charge in [-0.15, -0.1) is 0 Å². The Bertz CT molecular complexity index is 1200. The highest BCUT2D eigenvalue weighted by Gasteiger charge is 2.41. The minimum absolute atomic E-state index is 0.00321. The summed E-state index contributed by atoms with van der Waals surface area (Å²) in [6, 6.07) is 11.8. The molecular weight excluding hydrogens is 418 g/mol. The number of benzene rings is 1. The van der Waals surface area contributed by atoms with E-state index in [-0.39, 0.29) is 29.6 Å². The lowest BCUT2D eigenvalue weighted by Gasteiger charge is -2.21. The molecule has 8 heteroatoms. The maximum absolute atomic E-state index is 13.3. The average Bonchev–Trinajstić information content (AvgIpc) is 3.43. The highest BCUT2D eigenvalue weighted by molar-refractivity contribution is 5.94. The molecule has 172 valence electrons. The molecule has 2 atom stereocenters. The fourth-order valence-corrected chi connectivity index (χ4v) is 4.42. The van der Waals surface area contributed by atoms with E-state index in [0.717, 1.165) is 22.3 Å². The molecule has 1 saturated heterocycles. The predicted molar refractivity (Wildman–Crippen MR) is 125 cm³/mol. The summed E-state index contributed by atoms with van der Waals surface area (Å²) in [4.78, 5) is 45.4. The van der Waals surface area contributed by atoms with Crippen molar-refractivity contribution >= 4 is 23.4 Å². The van der Waals surface area contributed by atoms with Crippen LogP contribution in [0.25, 0.3) is 5.65 Å². The van der Waals surface area contributed by atoms with Gasteiger partial charge in [0.15, 0.2) is 0 Å². The Morgan fingerprint density at radius 2 is 1.85 bits per heavy atom. The number of carbonyl (C=O) groups excluding carboxylic acids is 3. The Hall–Kier alpha value is -3.68. The number of hydrogen-bond acceptors (Lipinski definition) is 4. The van der Waals surface area contributed by atoms with Crippen molar-refractivity contribution in [3.05, 3.63) is 71.2 Å². The van der Waals surface area contributed by atoms with E-state index in [2.05, 4.69) is 10.3 Å². The minimum Gasteiger partial charge on any atom is -0.352 e. The van der Waals surface area contributed by atoms with Gasteiger partial charge in [-0.3, -0.25) is 14.4 Å². The Kier molecular flexibility index (Phi) is 6.18. The highest BCUT2D eigenvalue weighted by atomic mass is 16.2. The van der Waals surface area contributed by atoms with Gasteiger partial charge < -0.3 is 19.5 Å². The van der Waals surface area contributed by atoms with Crippen molar-refractivity contribution in [3.8, 4) is 0 Å². The van der Waals surface area contributed by atoms with Crippen LogP contribution in [0.1, 0.15) is 40.0 Å². The number of likely N-dealkylation sites (tertiary alicyclic amines) is 1. The van der Waals surface area contributed by atoms with E-state index in [1.54, 1.807) is 30.1 Å². The largest absolute Gasteiger partial charge is 0.352 e. The van der Waals surface area contributed by atoms with E-state index in [4.69, 9.17) is 0 Å². The van der Waals surface area contributed by atoms with E-state index in [1.807, 2.05) is 53.9 Å². The summed E-state index contributed by atoms with van der Waals surface area (Å²) < 4.78 is 1.85. The van der Waals surface area contributed by atoms with Gasteiger partial charge in [-0.1, -0.05) is 30.3 Å². The molecule has 1 N–H and O–H groups in total. The number of fused-ring (bicyclic) bond motifs is 1. The zero-order chi connectivity index (χ0) is 23.7. The van der Waals surface area contributed by atoms with Gasteiger partial charge in [-0.05, 0) is 29.7 Å². The predicted octanol–water partition coefficient (Wildman–Crippen LogP) is 2.22. The summed E-state index contributed by atoms with van der Waals surface area (Å²) in [5, 5.41) is 2.79.